The number of aryl methyl sites for hydroxylation is 1. The van der Waals surface area contributed by atoms with Gasteiger partial charge < -0.3 is 15.1 Å². The minimum absolute atomic E-state index is 0.290. The molecule has 5 nitrogen and oxygen atoms in total. The Morgan fingerprint density at radius 3 is 2.48 bits per heavy atom. The molecule has 2 aromatic rings. The van der Waals surface area contributed by atoms with E-state index in [1.165, 1.54) is 13.2 Å². The van der Waals surface area contributed by atoms with Crippen molar-refractivity contribution in [3.8, 4) is 0 Å². The maximum atomic E-state index is 12.2. The third kappa shape index (κ3) is 4.21. The van der Waals surface area contributed by atoms with Crippen LogP contribution in [0, 0.1) is 6.92 Å². The molecule has 0 spiro atoms. The zero-order valence-corrected chi connectivity index (χ0v) is 12.1. The van der Waals surface area contributed by atoms with E-state index in [0.717, 1.165) is 11.1 Å². The molecule has 1 aromatic carbocycles. The van der Waals surface area contributed by atoms with Gasteiger partial charge in [-0.05, 0) is 24.6 Å². The lowest BCUT2D eigenvalue weighted by atomic mass is 10.1. The summed E-state index contributed by atoms with van der Waals surface area (Å²) in [4.78, 5) is 23.5. The molecule has 1 atom stereocenters. The monoisotopic (exact) mass is 286 g/mol. The van der Waals surface area contributed by atoms with E-state index in [2.05, 4.69) is 10.6 Å². The first-order valence-electron chi connectivity index (χ1n) is 6.70. The number of rotatable bonds is 5. The van der Waals surface area contributed by atoms with E-state index in [9.17, 15) is 9.59 Å². The molecule has 0 saturated heterocycles. The Kier molecular flexibility index (Phi) is 4.77. The van der Waals surface area contributed by atoms with E-state index in [0.29, 0.717) is 12.3 Å². The van der Waals surface area contributed by atoms with Crippen LogP contribution in [0.25, 0.3) is 0 Å². The van der Waals surface area contributed by atoms with Gasteiger partial charge in [0, 0.05) is 13.5 Å². The number of benzene rings is 1. The summed E-state index contributed by atoms with van der Waals surface area (Å²) in [6.07, 6.45) is 1.47. The Balaban J connectivity index is 2.01. The first-order chi connectivity index (χ1) is 10.1. The molecule has 0 radical (unpaired) electrons. The number of hydrogen-bond acceptors (Lipinski definition) is 3. The van der Waals surface area contributed by atoms with Crippen LogP contribution in [0.5, 0.6) is 0 Å². The normalized spacial score (nSPS) is 11.7. The minimum atomic E-state index is -0.817. The molecule has 2 N–H and O–H groups in total. The fourth-order valence-corrected chi connectivity index (χ4v) is 1.92. The van der Waals surface area contributed by atoms with Gasteiger partial charge >= 0.3 is 0 Å². The van der Waals surface area contributed by atoms with Gasteiger partial charge in [0.1, 0.15) is 5.76 Å². The molecule has 21 heavy (non-hydrogen) atoms. The summed E-state index contributed by atoms with van der Waals surface area (Å²) < 4.78 is 5.21. The van der Waals surface area contributed by atoms with Crippen molar-refractivity contribution in [1.29, 1.82) is 0 Å². The smallest absolute Gasteiger partial charge is 0.250 e. The predicted molar refractivity (Wildman–Crippen MR) is 78.3 cm³/mol. The van der Waals surface area contributed by atoms with Crippen LogP contribution in [0.1, 0.15) is 29.9 Å². The number of amides is 2. The SMILES string of the molecule is CC(=O)N[C@H](C(=O)NCc1ccc(C)cc1)c1ccco1. The van der Waals surface area contributed by atoms with Gasteiger partial charge in [-0.15, -0.1) is 0 Å². The van der Waals surface area contributed by atoms with Gasteiger partial charge in [0.05, 0.1) is 6.26 Å². The van der Waals surface area contributed by atoms with E-state index < -0.39 is 6.04 Å². The number of carbonyl (C=O) groups excluding carboxylic acids is 2. The lowest BCUT2D eigenvalue weighted by Gasteiger charge is -2.15. The topological polar surface area (TPSA) is 71.3 Å². The highest BCUT2D eigenvalue weighted by molar-refractivity contribution is 5.87. The molecule has 2 amide bonds. The van der Waals surface area contributed by atoms with Crippen molar-refractivity contribution in [3.05, 3.63) is 59.5 Å². The van der Waals surface area contributed by atoms with Crippen LogP contribution >= 0.6 is 0 Å². The second-order valence-corrected chi connectivity index (χ2v) is 4.85. The second-order valence-electron chi connectivity index (χ2n) is 4.85. The highest BCUT2D eigenvalue weighted by Crippen LogP contribution is 2.14. The number of hydrogen-bond donors (Lipinski definition) is 2. The summed E-state index contributed by atoms with van der Waals surface area (Å²) in [5.74, 6) is -0.186. The van der Waals surface area contributed by atoms with Crippen molar-refractivity contribution in [2.75, 3.05) is 0 Å². The summed E-state index contributed by atoms with van der Waals surface area (Å²) >= 11 is 0. The van der Waals surface area contributed by atoms with Crippen LogP contribution in [0.4, 0.5) is 0 Å². The Bertz CT molecular complexity index is 603. The molecule has 0 unspecified atom stereocenters. The molecule has 0 saturated carbocycles. The molecular weight excluding hydrogens is 268 g/mol. The van der Waals surface area contributed by atoms with Crippen LogP contribution < -0.4 is 10.6 Å². The van der Waals surface area contributed by atoms with Crippen LogP contribution in [0.2, 0.25) is 0 Å². The highest BCUT2D eigenvalue weighted by atomic mass is 16.3. The highest BCUT2D eigenvalue weighted by Gasteiger charge is 2.23. The Hall–Kier alpha value is -2.56. The maximum absolute atomic E-state index is 12.2. The van der Waals surface area contributed by atoms with Gasteiger partial charge in [0.15, 0.2) is 6.04 Å². The average molecular weight is 286 g/mol. The summed E-state index contributed by atoms with van der Waals surface area (Å²) in [6.45, 7) is 3.77. The Morgan fingerprint density at radius 2 is 1.90 bits per heavy atom. The largest absolute Gasteiger partial charge is 0.467 e. The fourth-order valence-electron chi connectivity index (χ4n) is 1.92. The second kappa shape index (κ2) is 6.74. The minimum Gasteiger partial charge on any atom is -0.467 e. The molecule has 0 fully saturated rings. The molecule has 2 rings (SSSR count). The summed E-state index contributed by atoms with van der Waals surface area (Å²) in [5.41, 5.74) is 2.16. The van der Waals surface area contributed by atoms with E-state index in [1.54, 1.807) is 12.1 Å². The first-order valence-corrected chi connectivity index (χ1v) is 6.70. The van der Waals surface area contributed by atoms with E-state index in [4.69, 9.17) is 4.42 Å². The zero-order chi connectivity index (χ0) is 15.2. The van der Waals surface area contributed by atoms with Gasteiger partial charge in [-0.3, -0.25) is 9.59 Å². The van der Waals surface area contributed by atoms with Crippen LogP contribution in [0.15, 0.2) is 47.1 Å². The van der Waals surface area contributed by atoms with Gasteiger partial charge in [-0.2, -0.15) is 0 Å². The molecule has 0 bridgehead atoms. The standard InChI is InChI=1S/C16H18N2O3/c1-11-5-7-13(8-6-11)10-17-16(20)15(18-12(2)19)14-4-3-9-21-14/h3-9,15H,10H2,1-2H3,(H,17,20)(H,18,19)/t15-/m0/s1. The van der Waals surface area contributed by atoms with Crippen molar-refractivity contribution in [2.24, 2.45) is 0 Å². The molecule has 1 aromatic heterocycles. The van der Waals surface area contributed by atoms with Crippen molar-refractivity contribution in [3.63, 3.8) is 0 Å². The number of carbonyl (C=O) groups is 2. The Labute approximate surface area is 123 Å². The van der Waals surface area contributed by atoms with Gasteiger partial charge in [-0.25, -0.2) is 0 Å². The lowest BCUT2D eigenvalue weighted by Crippen LogP contribution is -2.39. The predicted octanol–water partition coefficient (Wildman–Crippen LogP) is 2.08. The van der Waals surface area contributed by atoms with Crippen LogP contribution in [-0.2, 0) is 16.1 Å². The average Bonchev–Trinajstić information content (AvgIpc) is 2.97. The van der Waals surface area contributed by atoms with Gasteiger partial charge in [0.2, 0.25) is 5.91 Å². The van der Waals surface area contributed by atoms with Crippen molar-refractivity contribution in [2.45, 2.75) is 26.4 Å². The van der Waals surface area contributed by atoms with Crippen molar-refractivity contribution < 1.29 is 14.0 Å². The molecule has 5 heteroatoms. The molecule has 110 valence electrons. The van der Waals surface area contributed by atoms with Crippen LogP contribution in [0.3, 0.4) is 0 Å². The van der Waals surface area contributed by atoms with Crippen LogP contribution in [-0.4, -0.2) is 11.8 Å². The van der Waals surface area contributed by atoms with Gasteiger partial charge in [0.25, 0.3) is 5.91 Å². The molecule has 0 aliphatic heterocycles. The quantitative estimate of drug-likeness (QED) is 0.884. The third-order valence-electron chi connectivity index (χ3n) is 3.02. The van der Waals surface area contributed by atoms with E-state index >= 15 is 0 Å². The van der Waals surface area contributed by atoms with Crippen molar-refractivity contribution in [1.82, 2.24) is 10.6 Å². The van der Waals surface area contributed by atoms with E-state index in [-0.39, 0.29) is 11.8 Å². The fraction of sp³-hybridized carbons (Fsp3) is 0.250. The summed E-state index contributed by atoms with van der Waals surface area (Å²) in [6, 6.07) is 10.4. The Morgan fingerprint density at radius 1 is 1.19 bits per heavy atom. The number of nitrogens with one attached hydrogen (secondary N) is 2. The van der Waals surface area contributed by atoms with E-state index in [1.807, 2.05) is 31.2 Å². The lowest BCUT2D eigenvalue weighted by molar-refractivity contribution is -0.128. The zero-order valence-electron chi connectivity index (χ0n) is 12.1. The molecular formula is C16H18N2O3. The first kappa shape index (κ1) is 14.8. The third-order valence-corrected chi connectivity index (χ3v) is 3.02. The molecule has 0 aliphatic rings. The maximum Gasteiger partial charge on any atom is 0.250 e. The number of furan rings is 1. The van der Waals surface area contributed by atoms with Gasteiger partial charge in [-0.1, -0.05) is 29.8 Å². The molecule has 1 heterocycles. The summed E-state index contributed by atoms with van der Waals surface area (Å²) in [5, 5.41) is 5.38. The molecule has 0 aliphatic carbocycles. The van der Waals surface area contributed by atoms with Crippen molar-refractivity contribution >= 4 is 11.8 Å². The summed E-state index contributed by atoms with van der Waals surface area (Å²) in [7, 11) is 0.